The molecule has 0 fully saturated rings. The minimum atomic E-state index is 1.07. The molecule has 0 bridgehead atoms. The number of benzene rings is 5. The molecule has 32 heavy (non-hydrogen) atoms. The summed E-state index contributed by atoms with van der Waals surface area (Å²) < 4.78 is 0. The van der Waals surface area contributed by atoms with E-state index >= 15 is 0 Å². The lowest BCUT2D eigenvalue weighted by Crippen LogP contribution is -1.96. The number of nitrogens with one attached hydrogen (secondary N) is 2. The van der Waals surface area contributed by atoms with E-state index in [9.17, 15) is 0 Å². The molecule has 5 aromatic rings. The summed E-state index contributed by atoms with van der Waals surface area (Å²) in [4.78, 5) is 0. The summed E-state index contributed by atoms with van der Waals surface area (Å²) >= 11 is 0. The summed E-state index contributed by atoms with van der Waals surface area (Å²) in [5.74, 6) is 0. The summed E-state index contributed by atoms with van der Waals surface area (Å²) in [7, 11) is 0. The minimum absolute atomic E-state index is 1.07. The lowest BCUT2D eigenvalue weighted by molar-refractivity contribution is 1.51. The Balaban J connectivity index is 1.59. The highest BCUT2D eigenvalue weighted by atomic mass is 14.9. The van der Waals surface area contributed by atoms with Gasteiger partial charge in [-0.15, -0.1) is 0 Å². The molecule has 0 aliphatic carbocycles. The van der Waals surface area contributed by atoms with Gasteiger partial charge in [-0.2, -0.15) is 0 Å². The second-order valence-electron chi connectivity index (χ2n) is 7.62. The smallest absolute Gasteiger partial charge is 0.0464 e. The lowest BCUT2D eigenvalue weighted by atomic mass is 9.92. The van der Waals surface area contributed by atoms with Gasteiger partial charge in [-0.25, -0.2) is 0 Å². The second-order valence-corrected chi connectivity index (χ2v) is 7.62. The van der Waals surface area contributed by atoms with Crippen molar-refractivity contribution in [2.45, 2.75) is 0 Å². The van der Waals surface area contributed by atoms with Crippen molar-refractivity contribution in [2.75, 3.05) is 10.6 Å². The van der Waals surface area contributed by atoms with Crippen molar-refractivity contribution in [3.05, 3.63) is 133 Å². The number of hydrogen-bond acceptors (Lipinski definition) is 2. The summed E-state index contributed by atoms with van der Waals surface area (Å²) in [5, 5.41) is 7.18. The van der Waals surface area contributed by atoms with E-state index in [4.69, 9.17) is 0 Å². The van der Waals surface area contributed by atoms with Crippen LogP contribution < -0.4 is 10.6 Å². The molecule has 0 atom stereocenters. The zero-order chi connectivity index (χ0) is 21.6. The predicted molar refractivity (Wildman–Crippen MR) is 137 cm³/mol. The number of para-hydroxylation sites is 4. The van der Waals surface area contributed by atoms with Crippen LogP contribution in [0.2, 0.25) is 0 Å². The van der Waals surface area contributed by atoms with Crippen molar-refractivity contribution in [1.29, 1.82) is 0 Å². The zero-order valence-electron chi connectivity index (χ0n) is 17.7. The number of hydrogen-bond donors (Lipinski definition) is 2. The molecule has 0 amide bonds. The zero-order valence-corrected chi connectivity index (χ0v) is 17.7. The molecule has 0 radical (unpaired) electrons. The summed E-state index contributed by atoms with van der Waals surface area (Å²) in [6, 6.07) is 46.1. The van der Waals surface area contributed by atoms with E-state index in [1.165, 1.54) is 22.3 Å². The molecule has 0 aliphatic heterocycles. The van der Waals surface area contributed by atoms with Crippen molar-refractivity contribution in [3.8, 4) is 22.3 Å². The van der Waals surface area contributed by atoms with Crippen molar-refractivity contribution < 1.29 is 0 Å². The normalized spacial score (nSPS) is 10.5. The molecule has 2 N–H and O–H groups in total. The number of anilines is 4. The Morgan fingerprint density at radius 1 is 0.281 bits per heavy atom. The molecule has 154 valence electrons. The molecular weight excluding hydrogens is 388 g/mol. The Kier molecular flexibility index (Phi) is 5.67. The molecular formula is C30H24N2. The molecule has 5 aromatic carbocycles. The van der Waals surface area contributed by atoms with Crippen LogP contribution in [0.4, 0.5) is 22.7 Å². The SMILES string of the molecule is c1ccc(Nc2ccccc2-c2ccccc2-c2ccccc2Nc2ccccc2)cc1. The van der Waals surface area contributed by atoms with Crippen LogP contribution in [-0.4, -0.2) is 0 Å². The third kappa shape index (κ3) is 4.26. The van der Waals surface area contributed by atoms with Gasteiger partial charge in [-0.3, -0.25) is 0 Å². The fourth-order valence-corrected chi connectivity index (χ4v) is 3.96. The molecule has 0 aromatic heterocycles. The molecule has 0 aliphatic rings. The second kappa shape index (κ2) is 9.23. The van der Waals surface area contributed by atoms with Crippen LogP contribution in [0.5, 0.6) is 0 Å². The maximum absolute atomic E-state index is 3.59. The van der Waals surface area contributed by atoms with Crippen LogP contribution in [0.3, 0.4) is 0 Å². The monoisotopic (exact) mass is 412 g/mol. The molecule has 0 heterocycles. The first-order valence-electron chi connectivity index (χ1n) is 10.8. The van der Waals surface area contributed by atoms with E-state index in [0.29, 0.717) is 0 Å². The van der Waals surface area contributed by atoms with Crippen LogP contribution in [0, 0.1) is 0 Å². The van der Waals surface area contributed by atoms with E-state index in [-0.39, 0.29) is 0 Å². The van der Waals surface area contributed by atoms with Gasteiger partial charge < -0.3 is 10.6 Å². The van der Waals surface area contributed by atoms with Crippen LogP contribution in [0.15, 0.2) is 133 Å². The van der Waals surface area contributed by atoms with Gasteiger partial charge in [-0.05, 0) is 47.5 Å². The first-order chi connectivity index (χ1) is 15.9. The van der Waals surface area contributed by atoms with Crippen LogP contribution in [0.25, 0.3) is 22.3 Å². The first-order valence-corrected chi connectivity index (χ1v) is 10.8. The van der Waals surface area contributed by atoms with Gasteiger partial charge in [0, 0.05) is 33.9 Å². The number of rotatable bonds is 6. The highest BCUT2D eigenvalue weighted by Crippen LogP contribution is 2.40. The molecule has 0 unspecified atom stereocenters. The van der Waals surface area contributed by atoms with Gasteiger partial charge in [0.15, 0.2) is 0 Å². The topological polar surface area (TPSA) is 24.1 Å². The maximum atomic E-state index is 3.59. The van der Waals surface area contributed by atoms with Gasteiger partial charge in [0.1, 0.15) is 0 Å². The maximum Gasteiger partial charge on any atom is 0.0464 e. The Hall–Kier alpha value is -4.30. The average Bonchev–Trinajstić information content (AvgIpc) is 2.86. The highest BCUT2D eigenvalue weighted by Gasteiger charge is 2.13. The van der Waals surface area contributed by atoms with Crippen LogP contribution >= 0.6 is 0 Å². The first kappa shape index (κ1) is 19.7. The van der Waals surface area contributed by atoms with E-state index in [1.807, 2.05) is 36.4 Å². The molecule has 0 saturated carbocycles. The third-order valence-electron chi connectivity index (χ3n) is 5.47. The lowest BCUT2D eigenvalue weighted by Gasteiger charge is -2.18. The van der Waals surface area contributed by atoms with Gasteiger partial charge in [0.25, 0.3) is 0 Å². The van der Waals surface area contributed by atoms with Crippen molar-refractivity contribution in [3.63, 3.8) is 0 Å². The van der Waals surface area contributed by atoms with E-state index < -0.39 is 0 Å². The Labute approximate surface area is 189 Å². The van der Waals surface area contributed by atoms with Crippen LogP contribution in [0.1, 0.15) is 0 Å². The summed E-state index contributed by atoms with van der Waals surface area (Å²) in [6.45, 7) is 0. The van der Waals surface area contributed by atoms with Crippen molar-refractivity contribution in [1.82, 2.24) is 0 Å². The molecule has 5 rings (SSSR count). The molecule has 0 spiro atoms. The third-order valence-corrected chi connectivity index (χ3v) is 5.47. The Morgan fingerprint density at radius 2 is 0.594 bits per heavy atom. The van der Waals surface area contributed by atoms with Gasteiger partial charge >= 0.3 is 0 Å². The summed E-state index contributed by atoms with van der Waals surface area (Å²) in [5.41, 5.74) is 9.03. The minimum Gasteiger partial charge on any atom is -0.355 e. The average molecular weight is 413 g/mol. The highest BCUT2D eigenvalue weighted by molar-refractivity contribution is 5.94. The van der Waals surface area contributed by atoms with Gasteiger partial charge in [0.05, 0.1) is 0 Å². The summed E-state index contributed by atoms with van der Waals surface area (Å²) in [6.07, 6.45) is 0. The fraction of sp³-hybridized carbons (Fsp3) is 0. The molecule has 2 heteroatoms. The Morgan fingerprint density at radius 3 is 1.00 bits per heavy atom. The fourth-order valence-electron chi connectivity index (χ4n) is 3.96. The predicted octanol–water partition coefficient (Wildman–Crippen LogP) is 8.51. The van der Waals surface area contributed by atoms with E-state index in [1.54, 1.807) is 0 Å². The van der Waals surface area contributed by atoms with Gasteiger partial charge in [0.2, 0.25) is 0 Å². The molecule has 0 saturated heterocycles. The van der Waals surface area contributed by atoms with E-state index in [2.05, 4.69) is 108 Å². The standard InChI is InChI=1S/C30H24N2/c1-3-13-23(14-4-1)31-29-21-11-9-19-27(29)25-17-7-8-18-26(25)28-20-10-12-22-30(28)32-24-15-5-2-6-16-24/h1-22,31-32H. The quantitative estimate of drug-likeness (QED) is 0.292. The molecule has 2 nitrogen and oxygen atoms in total. The largest absolute Gasteiger partial charge is 0.355 e. The van der Waals surface area contributed by atoms with Gasteiger partial charge in [-0.1, -0.05) is 97.1 Å². The van der Waals surface area contributed by atoms with E-state index in [0.717, 1.165) is 22.7 Å². The Bertz CT molecular complexity index is 1210. The van der Waals surface area contributed by atoms with Crippen molar-refractivity contribution >= 4 is 22.7 Å². The van der Waals surface area contributed by atoms with Crippen LogP contribution in [-0.2, 0) is 0 Å². The van der Waals surface area contributed by atoms with Crippen molar-refractivity contribution in [2.24, 2.45) is 0 Å².